The molecule has 8 nitrogen and oxygen atoms in total. The molecule has 1 saturated carbocycles. The topological polar surface area (TPSA) is 107 Å². The molecule has 3 N–H and O–H groups in total. The summed E-state index contributed by atoms with van der Waals surface area (Å²) in [4.78, 5) is 46.8. The van der Waals surface area contributed by atoms with Gasteiger partial charge in [-0.15, -0.1) is 0 Å². The molecule has 5 rings (SSSR count). The normalized spacial score (nSPS) is 23.0. The minimum Gasteiger partial charge on any atom is -0.338 e. The molecule has 0 unspecified atom stereocenters. The van der Waals surface area contributed by atoms with Crippen molar-refractivity contribution in [3.05, 3.63) is 48.5 Å². The van der Waals surface area contributed by atoms with E-state index in [-0.39, 0.29) is 12.5 Å². The number of carbonyl (C=O) groups excluding carboxylic acids is 3. The number of nitrogens with one attached hydrogen (secondary N) is 3. The van der Waals surface area contributed by atoms with Crippen LogP contribution in [0.2, 0.25) is 0 Å². The average molecular weight is 431 g/mol. The first kappa shape index (κ1) is 20.2. The molecule has 0 radical (unpaired) electrons. The standard InChI is InChI=1S/C24H25N5O3/c1-15-10-12-24(13-11-15)22(31)29(23(32)28-24)14-20(30)25-17-8-6-16(7-9-17)21-26-18-4-2-3-5-19(18)27-21/h2-9,15H,10-14H2,1H3,(H,25,30)(H,26,27)(H,28,32). The van der Waals surface area contributed by atoms with E-state index < -0.39 is 17.5 Å². The lowest BCUT2D eigenvalue weighted by Gasteiger charge is -2.33. The fourth-order valence-corrected chi connectivity index (χ4v) is 4.56. The highest BCUT2D eigenvalue weighted by atomic mass is 16.2. The summed E-state index contributed by atoms with van der Waals surface area (Å²) in [5.41, 5.74) is 2.49. The van der Waals surface area contributed by atoms with Crippen LogP contribution in [0.5, 0.6) is 0 Å². The summed E-state index contributed by atoms with van der Waals surface area (Å²) in [6, 6.07) is 14.6. The molecule has 2 heterocycles. The van der Waals surface area contributed by atoms with Gasteiger partial charge in [-0.3, -0.25) is 14.5 Å². The van der Waals surface area contributed by atoms with Gasteiger partial charge in [-0.2, -0.15) is 0 Å². The van der Waals surface area contributed by atoms with Crippen molar-refractivity contribution in [3.63, 3.8) is 0 Å². The third-order valence-electron chi connectivity index (χ3n) is 6.51. The van der Waals surface area contributed by atoms with E-state index in [1.54, 1.807) is 12.1 Å². The van der Waals surface area contributed by atoms with Gasteiger partial charge in [-0.05, 0) is 68.0 Å². The molecular formula is C24H25N5O3. The van der Waals surface area contributed by atoms with E-state index in [1.165, 1.54) is 0 Å². The predicted octanol–water partition coefficient (Wildman–Crippen LogP) is 3.67. The van der Waals surface area contributed by atoms with Crippen LogP contribution in [0.4, 0.5) is 10.5 Å². The number of benzene rings is 2. The first-order chi connectivity index (χ1) is 15.4. The molecule has 1 spiro atoms. The van der Waals surface area contributed by atoms with Gasteiger partial charge in [0.2, 0.25) is 5.91 Å². The van der Waals surface area contributed by atoms with Crippen molar-refractivity contribution in [3.8, 4) is 11.4 Å². The second kappa shape index (κ2) is 7.78. The number of fused-ring (bicyclic) bond motifs is 1. The Morgan fingerprint density at radius 3 is 2.56 bits per heavy atom. The highest BCUT2D eigenvalue weighted by Gasteiger charge is 2.52. The molecule has 8 heteroatoms. The Bertz CT molecular complexity index is 1160. The molecule has 1 aromatic heterocycles. The number of nitrogens with zero attached hydrogens (tertiary/aromatic N) is 2. The molecule has 0 atom stereocenters. The monoisotopic (exact) mass is 431 g/mol. The zero-order valence-corrected chi connectivity index (χ0v) is 17.9. The SMILES string of the molecule is CC1CCC2(CC1)NC(=O)N(CC(=O)Nc1ccc(-c3nc4ccccc4[nH]3)cc1)C2=O. The van der Waals surface area contributed by atoms with Gasteiger partial charge < -0.3 is 15.6 Å². The van der Waals surface area contributed by atoms with Gasteiger partial charge in [0.05, 0.1) is 11.0 Å². The Morgan fingerprint density at radius 1 is 1.12 bits per heavy atom. The maximum absolute atomic E-state index is 12.9. The number of anilines is 1. The lowest BCUT2D eigenvalue weighted by Crippen LogP contribution is -2.49. The van der Waals surface area contributed by atoms with Crippen LogP contribution in [0.15, 0.2) is 48.5 Å². The Balaban J connectivity index is 1.23. The Hall–Kier alpha value is -3.68. The van der Waals surface area contributed by atoms with Crippen LogP contribution >= 0.6 is 0 Å². The van der Waals surface area contributed by atoms with Crippen molar-refractivity contribution >= 4 is 34.6 Å². The smallest absolute Gasteiger partial charge is 0.325 e. The van der Waals surface area contributed by atoms with Gasteiger partial charge in [0.1, 0.15) is 17.9 Å². The molecule has 1 saturated heterocycles. The van der Waals surface area contributed by atoms with Crippen molar-refractivity contribution in [2.75, 3.05) is 11.9 Å². The van der Waals surface area contributed by atoms with Gasteiger partial charge in [0, 0.05) is 11.3 Å². The van der Waals surface area contributed by atoms with E-state index in [0.29, 0.717) is 24.4 Å². The quantitative estimate of drug-likeness (QED) is 0.548. The van der Waals surface area contributed by atoms with Crippen molar-refractivity contribution in [1.29, 1.82) is 0 Å². The molecule has 2 aliphatic rings. The maximum Gasteiger partial charge on any atom is 0.325 e. The van der Waals surface area contributed by atoms with E-state index in [9.17, 15) is 14.4 Å². The van der Waals surface area contributed by atoms with E-state index in [0.717, 1.165) is 40.2 Å². The number of carbonyl (C=O) groups is 3. The molecule has 1 aliphatic heterocycles. The highest BCUT2D eigenvalue weighted by Crippen LogP contribution is 2.36. The van der Waals surface area contributed by atoms with Crippen LogP contribution in [-0.2, 0) is 9.59 Å². The Labute approximate surface area is 185 Å². The molecule has 32 heavy (non-hydrogen) atoms. The summed E-state index contributed by atoms with van der Waals surface area (Å²) in [5, 5.41) is 5.61. The van der Waals surface area contributed by atoms with Gasteiger partial charge in [-0.25, -0.2) is 9.78 Å². The number of amides is 4. The minimum atomic E-state index is -0.835. The van der Waals surface area contributed by atoms with Crippen LogP contribution in [0.25, 0.3) is 22.4 Å². The second-order valence-electron chi connectivity index (χ2n) is 8.81. The van der Waals surface area contributed by atoms with Gasteiger partial charge >= 0.3 is 6.03 Å². The Kier molecular flexibility index (Phi) is 4.92. The van der Waals surface area contributed by atoms with Crippen molar-refractivity contribution < 1.29 is 14.4 Å². The van der Waals surface area contributed by atoms with Crippen LogP contribution < -0.4 is 10.6 Å². The van der Waals surface area contributed by atoms with Gasteiger partial charge in [0.25, 0.3) is 5.91 Å². The summed E-state index contributed by atoms with van der Waals surface area (Å²) in [6.07, 6.45) is 3.04. The number of hydrogen-bond acceptors (Lipinski definition) is 4. The summed E-state index contributed by atoms with van der Waals surface area (Å²) in [7, 11) is 0. The third kappa shape index (κ3) is 3.62. The predicted molar refractivity (Wildman–Crippen MR) is 121 cm³/mol. The van der Waals surface area contributed by atoms with Crippen molar-refractivity contribution in [2.24, 2.45) is 5.92 Å². The zero-order chi connectivity index (χ0) is 22.3. The molecule has 4 amide bonds. The molecule has 2 fully saturated rings. The van der Waals surface area contributed by atoms with Gasteiger partial charge in [-0.1, -0.05) is 19.1 Å². The van der Waals surface area contributed by atoms with E-state index in [4.69, 9.17) is 0 Å². The fourth-order valence-electron chi connectivity index (χ4n) is 4.56. The first-order valence-electron chi connectivity index (χ1n) is 10.9. The Morgan fingerprint density at radius 2 is 1.84 bits per heavy atom. The third-order valence-corrected chi connectivity index (χ3v) is 6.51. The summed E-state index contributed by atoms with van der Waals surface area (Å²) < 4.78 is 0. The fraction of sp³-hybridized carbons (Fsp3) is 0.333. The number of para-hydroxylation sites is 2. The number of hydrogen-bond donors (Lipinski definition) is 3. The first-order valence-corrected chi connectivity index (χ1v) is 10.9. The molecule has 164 valence electrons. The molecule has 0 bridgehead atoms. The van der Waals surface area contributed by atoms with E-state index in [1.807, 2.05) is 36.4 Å². The zero-order valence-electron chi connectivity index (χ0n) is 17.9. The maximum atomic E-state index is 12.9. The number of aromatic amines is 1. The summed E-state index contributed by atoms with van der Waals surface area (Å²) in [6.45, 7) is 1.85. The van der Waals surface area contributed by atoms with Crippen LogP contribution in [0.3, 0.4) is 0 Å². The van der Waals surface area contributed by atoms with E-state index in [2.05, 4.69) is 27.5 Å². The van der Waals surface area contributed by atoms with Crippen LogP contribution in [0, 0.1) is 5.92 Å². The number of aromatic nitrogens is 2. The van der Waals surface area contributed by atoms with Gasteiger partial charge in [0.15, 0.2) is 0 Å². The van der Waals surface area contributed by atoms with Crippen molar-refractivity contribution in [2.45, 2.75) is 38.1 Å². The highest BCUT2D eigenvalue weighted by molar-refractivity contribution is 6.10. The van der Waals surface area contributed by atoms with Crippen molar-refractivity contribution in [1.82, 2.24) is 20.2 Å². The second-order valence-corrected chi connectivity index (χ2v) is 8.81. The number of H-pyrrole nitrogens is 1. The average Bonchev–Trinajstić information content (AvgIpc) is 3.32. The number of urea groups is 1. The summed E-state index contributed by atoms with van der Waals surface area (Å²) in [5.74, 6) is 0.594. The van der Waals surface area contributed by atoms with Crippen LogP contribution in [0.1, 0.15) is 32.6 Å². The largest absolute Gasteiger partial charge is 0.338 e. The lowest BCUT2D eigenvalue weighted by molar-refractivity contribution is -0.135. The van der Waals surface area contributed by atoms with Crippen LogP contribution in [-0.4, -0.2) is 44.8 Å². The number of rotatable bonds is 4. The molecular weight excluding hydrogens is 406 g/mol. The number of imidazole rings is 1. The number of imide groups is 1. The lowest BCUT2D eigenvalue weighted by atomic mass is 9.77. The molecule has 3 aromatic rings. The minimum absolute atomic E-state index is 0.287. The van der Waals surface area contributed by atoms with E-state index >= 15 is 0 Å². The summed E-state index contributed by atoms with van der Waals surface area (Å²) >= 11 is 0. The molecule has 2 aromatic carbocycles. The molecule has 1 aliphatic carbocycles.